The van der Waals surface area contributed by atoms with Gasteiger partial charge in [-0.05, 0) is 44.2 Å². The predicted octanol–water partition coefficient (Wildman–Crippen LogP) is 5.45. The van der Waals surface area contributed by atoms with Crippen molar-refractivity contribution in [1.82, 2.24) is 10.2 Å². The van der Waals surface area contributed by atoms with Gasteiger partial charge in [-0.3, -0.25) is 14.8 Å². The van der Waals surface area contributed by atoms with Gasteiger partial charge in [-0.1, -0.05) is 48.0 Å². The van der Waals surface area contributed by atoms with Crippen LogP contribution in [-0.4, -0.2) is 28.7 Å². The van der Waals surface area contributed by atoms with Crippen LogP contribution in [0.2, 0.25) is 0 Å². The molecule has 34 heavy (non-hydrogen) atoms. The van der Waals surface area contributed by atoms with Crippen LogP contribution in [0.4, 0.5) is 10.1 Å². The summed E-state index contributed by atoms with van der Waals surface area (Å²) in [5.74, 6) is -1.18. The number of rotatable bonds is 5. The lowest BCUT2D eigenvalue weighted by Crippen LogP contribution is -2.30. The molecule has 0 saturated heterocycles. The maximum absolute atomic E-state index is 15.1. The zero-order valence-electron chi connectivity index (χ0n) is 18.7. The number of carbonyl (C=O) groups is 2. The van der Waals surface area contributed by atoms with E-state index in [4.69, 9.17) is 4.74 Å². The van der Waals surface area contributed by atoms with Gasteiger partial charge >= 0.3 is 5.97 Å². The zero-order chi connectivity index (χ0) is 23.8. The van der Waals surface area contributed by atoms with Crippen molar-refractivity contribution in [1.29, 1.82) is 0 Å². The number of aromatic amines is 1. The molecule has 7 heteroatoms. The van der Waals surface area contributed by atoms with E-state index < -0.39 is 17.8 Å². The number of H-pyrrole nitrogens is 1. The first-order valence-electron chi connectivity index (χ1n) is 11.0. The maximum Gasteiger partial charge on any atom is 0.338 e. The predicted molar refractivity (Wildman–Crippen MR) is 126 cm³/mol. The minimum absolute atomic E-state index is 0.268. The Morgan fingerprint density at radius 3 is 2.44 bits per heavy atom. The molecule has 1 N–H and O–H groups in total. The van der Waals surface area contributed by atoms with Crippen LogP contribution >= 0.6 is 0 Å². The summed E-state index contributed by atoms with van der Waals surface area (Å²) >= 11 is 0. The largest absolute Gasteiger partial charge is 0.462 e. The number of hydrogen-bond donors (Lipinski definition) is 1. The summed E-state index contributed by atoms with van der Waals surface area (Å²) in [6.45, 7) is 4.00. The van der Waals surface area contributed by atoms with Crippen LogP contribution in [0.5, 0.6) is 0 Å². The van der Waals surface area contributed by atoms with Crippen LogP contribution in [-0.2, 0) is 4.74 Å². The first-order chi connectivity index (χ1) is 16.5. The van der Waals surface area contributed by atoms with Gasteiger partial charge < -0.3 is 4.74 Å². The minimum Gasteiger partial charge on any atom is -0.462 e. The van der Waals surface area contributed by atoms with Gasteiger partial charge in [-0.25, -0.2) is 9.18 Å². The Kier molecular flexibility index (Phi) is 5.45. The summed E-state index contributed by atoms with van der Waals surface area (Å²) in [7, 11) is 0. The van der Waals surface area contributed by atoms with Crippen LogP contribution in [0.1, 0.15) is 50.5 Å². The molecule has 0 spiro atoms. The van der Waals surface area contributed by atoms with Crippen molar-refractivity contribution in [3.63, 3.8) is 0 Å². The van der Waals surface area contributed by atoms with Crippen molar-refractivity contribution in [3.8, 4) is 11.3 Å². The van der Waals surface area contributed by atoms with Gasteiger partial charge in [0.2, 0.25) is 0 Å². The Morgan fingerprint density at radius 2 is 1.76 bits per heavy atom. The van der Waals surface area contributed by atoms with Gasteiger partial charge in [-0.2, -0.15) is 5.10 Å². The summed E-state index contributed by atoms with van der Waals surface area (Å²) in [4.78, 5) is 27.2. The van der Waals surface area contributed by atoms with Gasteiger partial charge in [0.05, 0.1) is 23.9 Å². The molecule has 170 valence electrons. The van der Waals surface area contributed by atoms with Crippen LogP contribution in [0, 0.1) is 12.7 Å². The number of fused-ring (bicyclic) bond motifs is 1. The molecular weight excluding hydrogens is 433 g/mol. The molecular formula is C27H22FN3O3. The third-order valence-corrected chi connectivity index (χ3v) is 5.95. The number of aromatic nitrogens is 2. The van der Waals surface area contributed by atoms with Crippen molar-refractivity contribution >= 4 is 17.6 Å². The highest BCUT2D eigenvalue weighted by Crippen LogP contribution is 2.45. The van der Waals surface area contributed by atoms with E-state index in [1.165, 1.54) is 11.0 Å². The first kappa shape index (κ1) is 21.6. The number of hydrogen-bond acceptors (Lipinski definition) is 4. The Hall–Kier alpha value is -4.26. The van der Waals surface area contributed by atoms with Crippen LogP contribution < -0.4 is 4.90 Å². The fourth-order valence-corrected chi connectivity index (χ4v) is 4.31. The van der Waals surface area contributed by atoms with Gasteiger partial charge in [0.1, 0.15) is 11.5 Å². The van der Waals surface area contributed by atoms with E-state index in [1.807, 2.05) is 31.2 Å². The van der Waals surface area contributed by atoms with E-state index in [-0.39, 0.29) is 12.5 Å². The van der Waals surface area contributed by atoms with Crippen molar-refractivity contribution < 1.29 is 18.7 Å². The number of amides is 1. The smallest absolute Gasteiger partial charge is 0.338 e. The number of esters is 1. The van der Waals surface area contributed by atoms with Gasteiger partial charge in [0.25, 0.3) is 5.91 Å². The SMILES string of the molecule is CCOC(=O)c1ccc(N2C(=O)c3[nH]nc(-c4ccc(C)cc4)c3[C@H]2c2ccccc2F)cc1. The second kappa shape index (κ2) is 8.59. The van der Waals surface area contributed by atoms with Crippen LogP contribution in [0.15, 0.2) is 72.8 Å². The van der Waals surface area contributed by atoms with E-state index in [2.05, 4.69) is 10.2 Å². The molecule has 4 aromatic rings. The monoisotopic (exact) mass is 455 g/mol. The van der Waals surface area contributed by atoms with E-state index in [9.17, 15) is 9.59 Å². The molecule has 0 fully saturated rings. The van der Waals surface area contributed by atoms with Crippen LogP contribution in [0.25, 0.3) is 11.3 Å². The Labute approximate surface area is 196 Å². The van der Waals surface area contributed by atoms with E-state index in [0.717, 1.165) is 11.1 Å². The molecule has 1 atom stereocenters. The fraction of sp³-hybridized carbons (Fsp3) is 0.148. The van der Waals surface area contributed by atoms with Crippen molar-refractivity contribution in [2.75, 3.05) is 11.5 Å². The highest BCUT2D eigenvalue weighted by atomic mass is 19.1. The third kappa shape index (κ3) is 3.55. The second-order valence-corrected chi connectivity index (χ2v) is 8.09. The molecule has 0 unspecified atom stereocenters. The summed E-state index contributed by atoms with van der Waals surface area (Å²) in [6, 6.07) is 20.0. The summed E-state index contributed by atoms with van der Waals surface area (Å²) in [5.41, 5.74) is 4.73. The molecule has 3 aromatic carbocycles. The highest BCUT2D eigenvalue weighted by molar-refractivity contribution is 6.12. The van der Waals surface area contributed by atoms with Crippen molar-refractivity contribution in [3.05, 3.63) is 107 Å². The first-order valence-corrected chi connectivity index (χ1v) is 11.0. The molecule has 0 aliphatic carbocycles. The number of nitrogens with zero attached hydrogens (tertiary/aromatic N) is 2. The van der Waals surface area contributed by atoms with E-state index in [1.54, 1.807) is 49.4 Å². The molecule has 0 radical (unpaired) electrons. The number of benzene rings is 3. The molecule has 0 saturated carbocycles. The number of anilines is 1. The van der Waals surface area contributed by atoms with E-state index >= 15 is 4.39 Å². The number of ether oxygens (including phenoxy) is 1. The molecule has 1 aromatic heterocycles. The molecule has 0 bridgehead atoms. The van der Waals surface area contributed by atoms with Gasteiger partial charge in [-0.15, -0.1) is 0 Å². The topological polar surface area (TPSA) is 75.3 Å². The van der Waals surface area contributed by atoms with Gasteiger partial charge in [0.15, 0.2) is 0 Å². The summed E-state index contributed by atoms with van der Waals surface area (Å²) in [5, 5.41) is 7.30. The van der Waals surface area contributed by atoms with Crippen LogP contribution in [0.3, 0.4) is 0 Å². The number of nitrogens with one attached hydrogen (secondary N) is 1. The molecule has 5 rings (SSSR count). The molecule has 6 nitrogen and oxygen atoms in total. The molecule has 1 aliphatic heterocycles. The normalized spacial score (nSPS) is 14.9. The lowest BCUT2D eigenvalue weighted by Gasteiger charge is -2.27. The molecule has 2 heterocycles. The van der Waals surface area contributed by atoms with E-state index in [0.29, 0.717) is 33.8 Å². The van der Waals surface area contributed by atoms with Crippen molar-refractivity contribution in [2.45, 2.75) is 19.9 Å². The Balaban J connectivity index is 1.65. The lowest BCUT2D eigenvalue weighted by molar-refractivity contribution is 0.0526. The molecule has 1 aliphatic rings. The van der Waals surface area contributed by atoms with Gasteiger partial charge in [0, 0.05) is 22.4 Å². The third-order valence-electron chi connectivity index (χ3n) is 5.95. The number of aryl methyl sites for hydroxylation is 1. The number of halogens is 1. The average Bonchev–Trinajstić information content (AvgIpc) is 3.39. The highest BCUT2D eigenvalue weighted by Gasteiger charge is 2.44. The standard InChI is InChI=1S/C27H22FN3O3/c1-3-34-27(33)18-12-14-19(15-13-18)31-25(20-6-4-5-7-21(20)28)22-23(29-30-24(22)26(31)32)17-10-8-16(2)9-11-17/h4-15,25H,3H2,1-2H3,(H,29,30)/t25-/m1/s1. The lowest BCUT2D eigenvalue weighted by atomic mass is 9.95. The summed E-state index contributed by atoms with van der Waals surface area (Å²) < 4.78 is 20.1. The molecule has 1 amide bonds. The fourth-order valence-electron chi connectivity index (χ4n) is 4.31. The second-order valence-electron chi connectivity index (χ2n) is 8.09. The zero-order valence-corrected chi connectivity index (χ0v) is 18.7. The Bertz CT molecular complexity index is 1380. The maximum atomic E-state index is 15.1. The Morgan fingerprint density at radius 1 is 1.06 bits per heavy atom. The summed E-state index contributed by atoms with van der Waals surface area (Å²) in [6.07, 6.45) is 0. The quantitative estimate of drug-likeness (QED) is 0.406. The van der Waals surface area contributed by atoms with Crippen molar-refractivity contribution in [2.24, 2.45) is 0 Å². The average molecular weight is 455 g/mol. The number of carbonyl (C=O) groups excluding carboxylic acids is 2. The minimum atomic E-state index is -0.729.